The third kappa shape index (κ3) is 5.42. The van der Waals surface area contributed by atoms with Gasteiger partial charge < -0.3 is 19.5 Å². The predicted molar refractivity (Wildman–Crippen MR) is 119 cm³/mol. The molecule has 1 heterocycles. The van der Waals surface area contributed by atoms with E-state index in [0.717, 1.165) is 22.6 Å². The molecule has 0 spiro atoms. The van der Waals surface area contributed by atoms with Gasteiger partial charge in [0.15, 0.2) is 11.5 Å². The number of carbonyl (C=O) groups excluding carboxylic acids is 2. The maximum Gasteiger partial charge on any atom is 0.271 e. The van der Waals surface area contributed by atoms with E-state index in [1.165, 1.54) is 13.1 Å². The second-order valence-electron chi connectivity index (χ2n) is 7.01. The number of anilines is 1. The van der Waals surface area contributed by atoms with Crippen molar-refractivity contribution in [1.29, 1.82) is 0 Å². The number of fused-ring (bicyclic) bond motifs is 1. The van der Waals surface area contributed by atoms with Crippen LogP contribution in [0.15, 0.2) is 71.8 Å². The summed E-state index contributed by atoms with van der Waals surface area (Å²) in [5, 5.41) is 6.62. The maximum atomic E-state index is 12.2. The zero-order valence-electron chi connectivity index (χ0n) is 17.3. The summed E-state index contributed by atoms with van der Waals surface area (Å²) in [4.78, 5) is 23.4. The number of hydrogen-bond acceptors (Lipinski definition) is 6. The SMILES string of the molecule is CC(=O)Nc1cccc(C(=O)N/N=C\c2ccc(OCc3ccc4c(c3)OCO4)cc2)c1. The Morgan fingerprint density at radius 3 is 2.66 bits per heavy atom. The lowest BCUT2D eigenvalue weighted by molar-refractivity contribution is -0.114. The van der Waals surface area contributed by atoms with Crippen molar-refractivity contribution in [2.45, 2.75) is 13.5 Å². The number of carbonyl (C=O) groups is 2. The largest absolute Gasteiger partial charge is 0.489 e. The van der Waals surface area contributed by atoms with Crippen LogP contribution in [0.4, 0.5) is 5.69 Å². The van der Waals surface area contributed by atoms with Crippen molar-refractivity contribution in [2.24, 2.45) is 5.10 Å². The Morgan fingerprint density at radius 2 is 1.84 bits per heavy atom. The van der Waals surface area contributed by atoms with Crippen LogP contribution >= 0.6 is 0 Å². The lowest BCUT2D eigenvalue weighted by atomic mass is 10.2. The monoisotopic (exact) mass is 431 g/mol. The molecule has 0 aliphatic carbocycles. The minimum atomic E-state index is -0.378. The van der Waals surface area contributed by atoms with Gasteiger partial charge in [-0.3, -0.25) is 9.59 Å². The van der Waals surface area contributed by atoms with Gasteiger partial charge in [0.25, 0.3) is 5.91 Å². The number of benzene rings is 3. The summed E-state index contributed by atoms with van der Waals surface area (Å²) in [5.41, 5.74) is 5.19. The summed E-state index contributed by atoms with van der Waals surface area (Å²) in [5.74, 6) is 1.59. The Hall–Kier alpha value is -4.33. The fourth-order valence-corrected chi connectivity index (χ4v) is 3.02. The van der Waals surface area contributed by atoms with Crippen molar-refractivity contribution < 1.29 is 23.8 Å². The fourth-order valence-electron chi connectivity index (χ4n) is 3.02. The van der Waals surface area contributed by atoms with E-state index in [1.54, 1.807) is 24.3 Å². The molecule has 0 saturated carbocycles. The molecule has 8 nitrogen and oxygen atoms in total. The molecular weight excluding hydrogens is 410 g/mol. The summed E-state index contributed by atoms with van der Waals surface area (Å²) in [7, 11) is 0. The van der Waals surface area contributed by atoms with Crippen LogP contribution in [0, 0.1) is 0 Å². The zero-order chi connectivity index (χ0) is 22.3. The molecule has 3 aromatic carbocycles. The number of hydrazone groups is 1. The van der Waals surface area contributed by atoms with Gasteiger partial charge >= 0.3 is 0 Å². The Morgan fingerprint density at radius 1 is 1.03 bits per heavy atom. The highest BCUT2D eigenvalue weighted by molar-refractivity contribution is 5.97. The normalized spacial score (nSPS) is 11.9. The summed E-state index contributed by atoms with van der Waals surface area (Å²) < 4.78 is 16.5. The summed E-state index contributed by atoms with van der Waals surface area (Å²) in [6.45, 7) is 2.05. The van der Waals surface area contributed by atoms with E-state index in [4.69, 9.17) is 14.2 Å². The van der Waals surface area contributed by atoms with Gasteiger partial charge in [0.2, 0.25) is 12.7 Å². The van der Waals surface area contributed by atoms with Gasteiger partial charge in [0.05, 0.1) is 6.21 Å². The van der Waals surface area contributed by atoms with E-state index in [-0.39, 0.29) is 18.6 Å². The minimum absolute atomic E-state index is 0.205. The average Bonchev–Trinajstić information content (AvgIpc) is 3.26. The molecule has 0 atom stereocenters. The van der Waals surface area contributed by atoms with E-state index in [0.29, 0.717) is 23.6 Å². The number of amides is 2. The van der Waals surface area contributed by atoms with E-state index < -0.39 is 0 Å². The van der Waals surface area contributed by atoms with Crippen LogP contribution in [0.3, 0.4) is 0 Å². The Kier molecular flexibility index (Phi) is 6.31. The summed E-state index contributed by atoms with van der Waals surface area (Å²) in [6.07, 6.45) is 1.54. The third-order valence-corrected chi connectivity index (χ3v) is 4.55. The van der Waals surface area contributed by atoms with Gasteiger partial charge in [0.1, 0.15) is 12.4 Å². The first-order valence-electron chi connectivity index (χ1n) is 9.89. The van der Waals surface area contributed by atoms with Gasteiger partial charge in [-0.25, -0.2) is 5.43 Å². The van der Waals surface area contributed by atoms with Gasteiger partial charge in [0, 0.05) is 18.2 Å². The van der Waals surface area contributed by atoms with E-state index in [1.807, 2.05) is 42.5 Å². The molecule has 2 amide bonds. The van der Waals surface area contributed by atoms with Gasteiger partial charge in [-0.05, 0) is 65.7 Å². The zero-order valence-corrected chi connectivity index (χ0v) is 17.3. The molecule has 3 aromatic rings. The molecule has 0 bridgehead atoms. The van der Waals surface area contributed by atoms with Crippen LogP contribution in [-0.2, 0) is 11.4 Å². The molecule has 4 rings (SSSR count). The first-order valence-corrected chi connectivity index (χ1v) is 9.89. The highest BCUT2D eigenvalue weighted by Crippen LogP contribution is 2.32. The van der Waals surface area contributed by atoms with Crippen LogP contribution < -0.4 is 25.0 Å². The first kappa shape index (κ1) is 20.9. The van der Waals surface area contributed by atoms with E-state index in [9.17, 15) is 9.59 Å². The molecule has 8 heteroatoms. The second kappa shape index (κ2) is 9.65. The van der Waals surface area contributed by atoms with Gasteiger partial charge in [-0.15, -0.1) is 0 Å². The smallest absolute Gasteiger partial charge is 0.271 e. The van der Waals surface area contributed by atoms with E-state index >= 15 is 0 Å². The molecule has 1 aliphatic rings. The lowest BCUT2D eigenvalue weighted by Gasteiger charge is -2.07. The molecule has 0 saturated heterocycles. The van der Waals surface area contributed by atoms with Crippen LogP contribution in [0.1, 0.15) is 28.4 Å². The molecule has 0 aromatic heterocycles. The quantitative estimate of drug-likeness (QED) is 0.439. The van der Waals surface area contributed by atoms with Crippen LogP contribution in [-0.4, -0.2) is 24.8 Å². The van der Waals surface area contributed by atoms with Crippen molar-refractivity contribution in [3.63, 3.8) is 0 Å². The number of nitrogens with zero attached hydrogens (tertiary/aromatic N) is 1. The molecule has 32 heavy (non-hydrogen) atoms. The Balaban J connectivity index is 1.28. The number of ether oxygens (including phenoxy) is 3. The molecular formula is C24H21N3O5. The highest BCUT2D eigenvalue weighted by Gasteiger charge is 2.13. The molecule has 162 valence electrons. The topological polar surface area (TPSA) is 98.3 Å². The van der Waals surface area contributed by atoms with Crippen molar-refractivity contribution in [1.82, 2.24) is 5.43 Å². The Labute approximate surface area is 184 Å². The molecule has 0 radical (unpaired) electrons. The van der Waals surface area contributed by atoms with Gasteiger partial charge in [-0.1, -0.05) is 12.1 Å². The van der Waals surface area contributed by atoms with E-state index in [2.05, 4.69) is 15.8 Å². The first-order chi connectivity index (χ1) is 15.6. The molecule has 0 unspecified atom stereocenters. The second-order valence-corrected chi connectivity index (χ2v) is 7.01. The number of rotatable bonds is 7. The Bertz CT molecular complexity index is 1160. The van der Waals surface area contributed by atoms with Crippen LogP contribution in [0.2, 0.25) is 0 Å². The molecule has 2 N–H and O–H groups in total. The summed E-state index contributed by atoms with van der Waals surface area (Å²) >= 11 is 0. The maximum absolute atomic E-state index is 12.2. The van der Waals surface area contributed by atoms with Crippen molar-refractivity contribution >= 4 is 23.7 Å². The molecule has 0 fully saturated rings. The predicted octanol–water partition coefficient (Wildman–Crippen LogP) is 3.72. The lowest BCUT2D eigenvalue weighted by Crippen LogP contribution is -2.18. The summed E-state index contributed by atoms with van der Waals surface area (Å²) in [6, 6.07) is 19.6. The minimum Gasteiger partial charge on any atom is -0.489 e. The molecule has 1 aliphatic heterocycles. The third-order valence-electron chi connectivity index (χ3n) is 4.55. The highest BCUT2D eigenvalue weighted by atomic mass is 16.7. The van der Waals surface area contributed by atoms with Gasteiger partial charge in [-0.2, -0.15) is 5.10 Å². The fraction of sp³-hybridized carbons (Fsp3) is 0.125. The van der Waals surface area contributed by atoms with Crippen LogP contribution in [0.5, 0.6) is 17.2 Å². The van der Waals surface area contributed by atoms with Crippen LogP contribution in [0.25, 0.3) is 0 Å². The van der Waals surface area contributed by atoms with Crippen molar-refractivity contribution in [3.05, 3.63) is 83.4 Å². The van der Waals surface area contributed by atoms with Crippen molar-refractivity contribution in [3.8, 4) is 17.2 Å². The standard InChI is InChI=1S/C24H21N3O5/c1-16(28)26-20-4-2-3-19(12-20)24(29)27-25-13-17-5-8-21(9-6-17)30-14-18-7-10-22-23(11-18)32-15-31-22/h2-13H,14-15H2,1H3,(H,26,28)(H,27,29)/b25-13-. The number of nitrogens with one attached hydrogen (secondary N) is 2. The average molecular weight is 431 g/mol. The van der Waals surface area contributed by atoms with Crippen molar-refractivity contribution in [2.75, 3.05) is 12.1 Å². The number of hydrogen-bond donors (Lipinski definition) is 2.